The number of aliphatic hydroxyl groups is 1. The van der Waals surface area contributed by atoms with Gasteiger partial charge in [0.05, 0.1) is 24.7 Å². The molecule has 0 bridgehead atoms. The topological polar surface area (TPSA) is 66.9 Å². The fraction of sp³-hybridized carbons (Fsp3) is 0.727. The molecule has 104 valence electrons. The van der Waals surface area contributed by atoms with E-state index in [0.717, 1.165) is 10.0 Å². The van der Waals surface area contributed by atoms with Gasteiger partial charge in [0.2, 0.25) is 5.88 Å². The number of hydrogen-bond donors (Lipinski definition) is 2. The second-order valence-electron chi connectivity index (χ2n) is 4.06. The number of nitrogens with one attached hydrogen (secondary N) is 1. The van der Waals surface area contributed by atoms with Crippen LogP contribution < -0.4 is 15.0 Å². The van der Waals surface area contributed by atoms with Crippen LogP contribution in [-0.4, -0.2) is 57.7 Å². The van der Waals surface area contributed by atoms with E-state index >= 15 is 0 Å². The Morgan fingerprint density at radius 3 is 2.72 bits per heavy atom. The summed E-state index contributed by atoms with van der Waals surface area (Å²) in [5.41, 5.74) is 0. The zero-order valence-electron chi connectivity index (χ0n) is 11.3. The molecule has 1 atom stereocenters. The van der Waals surface area contributed by atoms with E-state index in [1.54, 1.807) is 25.6 Å². The molecule has 0 amide bonds. The second-order valence-corrected chi connectivity index (χ2v) is 5.13. The third-order valence-electron chi connectivity index (χ3n) is 2.25. The molecule has 6 nitrogen and oxygen atoms in total. The van der Waals surface area contributed by atoms with E-state index in [-0.39, 0.29) is 0 Å². The lowest BCUT2D eigenvalue weighted by atomic mass is 10.3. The van der Waals surface area contributed by atoms with Crippen molar-refractivity contribution in [3.8, 4) is 5.88 Å². The highest BCUT2D eigenvalue weighted by Crippen LogP contribution is 2.30. The normalized spacial score (nSPS) is 12.5. The summed E-state index contributed by atoms with van der Waals surface area (Å²) < 4.78 is 10.1. The van der Waals surface area contributed by atoms with Crippen LogP contribution in [0.15, 0.2) is 0 Å². The maximum Gasteiger partial charge on any atom is 0.230 e. The van der Waals surface area contributed by atoms with E-state index < -0.39 is 6.10 Å². The van der Waals surface area contributed by atoms with Crippen molar-refractivity contribution in [1.29, 1.82) is 0 Å². The standard InChI is InChI=1S/C11H21N3O3S/c1-14(2)11-13-10(17-4)9(18-11)6-12-5-8(15)7-16-3/h8,12,15H,5-7H2,1-4H3. The average Bonchev–Trinajstić information content (AvgIpc) is 2.73. The molecule has 0 radical (unpaired) electrons. The number of methoxy groups -OCH3 is 2. The third-order valence-corrected chi connectivity index (χ3v) is 3.46. The summed E-state index contributed by atoms with van der Waals surface area (Å²) >= 11 is 1.57. The fourth-order valence-electron chi connectivity index (χ4n) is 1.39. The number of rotatable bonds is 8. The van der Waals surface area contributed by atoms with Crippen LogP contribution in [0.4, 0.5) is 5.13 Å². The lowest BCUT2D eigenvalue weighted by Gasteiger charge is -2.10. The summed E-state index contributed by atoms with van der Waals surface area (Å²) in [7, 11) is 7.06. The number of aromatic nitrogens is 1. The maximum atomic E-state index is 9.51. The molecule has 0 aliphatic heterocycles. The fourth-order valence-corrected chi connectivity index (χ4v) is 2.31. The van der Waals surface area contributed by atoms with E-state index in [0.29, 0.717) is 25.6 Å². The van der Waals surface area contributed by atoms with E-state index in [9.17, 15) is 5.11 Å². The molecule has 0 spiro atoms. The number of hydrogen-bond acceptors (Lipinski definition) is 7. The number of thiazole rings is 1. The number of ether oxygens (including phenoxy) is 2. The first-order valence-electron chi connectivity index (χ1n) is 5.67. The van der Waals surface area contributed by atoms with Gasteiger partial charge in [-0.3, -0.25) is 0 Å². The van der Waals surface area contributed by atoms with Gasteiger partial charge in [-0.2, -0.15) is 4.98 Å². The van der Waals surface area contributed by atoms with Crippen LogP contribution in [0.25, 0.3) is 0 Å². The molecular weight excluding hydrogens is 254 g/mol. The molecule has 0 saturated carbocycles. The highest BCUT2D eigenvalue weighted by Gasteiger charge is 2.13. The molecule has 0 aliphatic rings. The van der Waals surface area contributed by atoms with Gasteiger partial charge in [0.25, 0.3) is 0 Å². The van der Waals surface area contributed by atoms with Crippen molar-refractivity contribution in [1.82, 2.24) is 10.3 Å². The van der Waals surface area contributed by atoms with Crippen LogP contribution in [0.2, 0.25) is 0 Å². The van der Waals surface area contributed by atoms with Gasteiger partial charge in [0.1, 0.15) is 0 Å². The molecular formula is C11H21N3O3S. The first-order chi connectivity index (χ1) is 8.58. The predicted molar refractivity (Wildman–Crippen MR) is 72.6 cm³/mol. The van der Waals surface area contributed by atoms with Crippen molar-refractivity contribution >= 4 is 16.5 Å². The summed E-state index contributed by atoms with van der Waals surface area (Å²) in [6, 6.07) is 0. The Morgan fingerprint density at radius 2 is 2.17 bits per heavy atom. The number of anilines is 1. The molecule has 0 aliphatic carbocycles. The van der Waals surface area contributed by atoms with E-state index in [4.69, 9.17) is 9.47 Å². The minimum Gasteiger partial charge on any atom is -0.480 e. The van der Waals surface area contributed by atoms with Gasteiger partial charge in [-0.05, 0) is 0 Å². The van der Waals surface area contributed by atoms with Gasteiger partial charge < -0.3 is 24.8 Å². The van der Waals surface area contributed by atoms with Gasteiger partial charge in [0.15, 0.2) is 5.13 Å². The summed E-state index contributed by atoms with van der Waals surface area (Å²) in [5, 5.41) is 13.6. The summed E-state index contributed by atoms with van der Waals surface area (Å²) in [6.07, 6.45) is -0.498. The summed E-state index contributed by atoms with van der Waals surface area (Å²) in [6.45, 7) is 1.43. The number of nitrogens with zero attached hydrogens (tertiary/aromatic N) is 2. The van der Waals surface area contributed by atoms with Gasteiger partial charge in [-0.1, -0.05) is 11.3 Å². The van der Waals surface area contributed by atoms with Gasteiger partial charge in [0, 0.05) is 34.3 Å². The monoisotopic (exact) mass is 275 g/mol. The molecule has 1 aromatic heterocycles. The van der Waals surface area contributed by atoms with Crippen LogP contribution in [0.1, 0.15) is 4.88 Å². The van der Waals surface area contributed by atoms with Crippen LogP contribution in [0.3, 0.4) is 0 Å². The molecule has 0 aromatic carbocycles. The first-order valence-corrected chi connectivity index (χ1v) is 6.48. The number of aliphatic hydroxyl groups excluding tert-OH is 1. The highest BCUT2D eigenvalue weighted by atomic mass is 32.1. The molecule has 0 saturated heterocycles. The Kier molecular flexibility index (Phi) is 6.34. The molecule has 1 rings (SSSR count). The lowest BCUT2D eigenvalue weighted by Crippen LogP contribution is -2.29. The van der Waals surface area contributed by atoms with Crippen molar-refractivity contribution in [2.24, 2.45) is 0 Å². The molecule has 1 unspecified atom stereocenters. The molecule has 0 fully saturated rings. The van der Waals surface area contributed by atoms with Crippen LogP contribution in [0, 0.1) is 0 Å². The Morgan fingerprint density at radius 1 is 1.44 bits per heavy atom. The first kappa shape index (κ1) is 15.2. The zero-order chi connectivity index (χ0) is 13.5. The Hall–Kier alpha value is -0.890. The quantitative estimate of drug-likeness (QED) is 0.712. The minimum atomic E-state index is -0.498. The van der Waals surface area contributed by atoms with Crippen molar-refractivity contribution in [3.05, 3.63) is 4.88 Å². The van der Waals surface area contributed by atoms with Gasteiger partial charge >= 0.3 is 0 Å². The minimum absolute atomic E-state index is 0.329. The van der Waals surface area contributed by atoms with Crippen molar-refractivity contribution < 1.29 is 14.6 Å². The smallest absolute Gasteiger partial charge is 0.230 e. The SMILES string of the molecule is COCC(O)CNCc1sc(N(C)C)nc1OC. The second kappa shape index (κ2) is 7.52. The Bertz CT molecular complexity index is 357. The zero-order valence-corrected chi connectivity index (χ0v) is 12.1. The Balaban J connectivity index is 2.50. The predicted octanol–water partition coefficient (Wildman–Crippen LogP) is 0.315. The van der Waals surface area contributed by atoms with Gasteiger partial charge in [-0.15, -0.1) is 0 Å². The Labute approximate surface area is 112 Å². The summed E-state index contributed by atoms with van der Waals surface area (Å²) in [5.74, 6) is 0.637. The van der Waals surface area contributed by atoms with Crippen LogP contribution >= 0.6 is 11.3 Å². The van der Waals surface area contributed by atoms with Crippen LogP contribution in [-0.2, 0) is 11.3 Å². The van der Waals surface area contributed by atoms with Crippen molar-refractivity contribution in [2.75, 3.05) is 46.4 Å². The molecule has 1 aromatic rings. The van der Waals surface area contributed by atoms with E-state index in [1.807, 2.05) is 19.0 Å². The highest BCUT2D eigenvalue weighted by molar-refractivity contribution is 7.15. The lowest BCUT2D eigenvalue weighted by molar-refractivity contribution is 0.0644. The largest absolute Gasteiger partial charge is 0.480 e. The average molecular weight is 275 g/mol. The van der Waals surface area contributed by atoms with Crippen molar-refractivity contribution in [2.45, 2.75) is 12.6 Å². The molecule has 1 heterocycles. The van der Waals surface area contributed by atoms with E-state index in [1.165, 1.54) is 0 Å². The molecule has 2 N–H and O–H groups in total. The molecule has 7 heteroatoms. The van der Waals surface area contributed by atoms with Gasteiger partial charge in [-0.25, -0.2) is 0 Å². The third kappa shape index (κ3) is 4.41. The summed E-state index contributed by atoms with van der Waals surface area (Å²) in [4.78, 5) is 7.32. The molecule has 18 heavy (non-hydrogen) atoms. The van der Waals surface area contributed by atoms with E-state index in [2.05, 4.69) is 10.3 Å². The van der Waals surface area contributed by atoms with Crippen molar-refractivity contribution in [3.63, 3.8) is 0 Å². The van der Waals surface area contributed by atoms with Crippen LogP contribution in [0.5, 0.6) is 5.88 Å². The maximum absolute atomic E-state index is 9.51.